The topological polar surface area (TPSA) is 87.3 Å². The first-order chi connectivity index (χ1) is 15.4. The summed E-state index contributed by atoms with van der Waals surface area (Å²) in [5.41, 5.74) is 3.32. The first kappa shape index (κ1) is 21.8. The minimum absolute atomic E-state index is 0.0415. The second-order valence-electron chi connectivity index (χ2n) is 7.46. The van der Waals surface area contributed by atoms with Crippen molar-refractivity contribution in [1.29, 1.82) is 5.41 Å². The third-order valence-electron chi connectivity index (χ3n) is 4.81. The molecule has 0 spiro atoms. The number of ether oxygens (including phenoxy) is 2. The van der Waals surface area contributed by atoms with E-state index >= 15 is 0 Å². The largest absolute Gasteiger partial charge is 0.490 e. The number of hydrazone groups is 1. The van der Waals surface area contributed by atoms with Crippen molar-refractivity contribution in [3.8, 4) is 11.5 Å². The first-order valence-electron chi connectivity index (χ1n) is 10.4. The van der Waals surface area contributed by atoms with Crippen molar-refractivity contribution in [3.63, 3.8) is 0 Å². The molecule has 0 unspecified atom stereocenters. The molecule has 4 rings (SSSR count). The van der Waals surface area contributed by atoms with E-state index in [2.05, 4.69) is 16.2 Å². The number of aryl methyl sites for hydroxylation is 2. The molecule has 2 aliphatic rings. The normalized spacial score (nSPS) is 16.7. The summed E-state index contributed by atoms with van der Waals surface area (Å²) in [6, 6.07) is 13.4. The average Bonchev–Trinajstić information content (AvgIpc) is 3.18. The van der Waals surface area contributed by atoms with Gasteiger partial charge in [-0.3, -0.25) is 10.2 Å². The van der Waals surface area contributed by atoms with E-state index < -0.39 is 5.91 Å². The Balaban J connectivity index is 1.35. The van der Waals surface area contributed by atoms with Gasteiger partial charge in [-0.25, -0.2) is 0 Å². The maximum absolute atomic E-state index is 12.4. The second kappa shape index (κ2) is 9.40. The molecule has 0 saturated heterocycles. The van der Waals surface area contributed by atoms with Gasteiger partial charge in [0.25, 0.3) is 5.91 Å². The molecule has 2 aromatic rings. The number of fused-ring (bicyclic) bond motifs is 1. The Kier molecular flexibility index (Phi) is 6.41. The quantitative estimate of drug-likeness (QED) is 0.486. The van der Waals surface area contributed by atoms with Crippen molar-refractivity contribution in [1.82, 2.24) is 5.01 Å². The van der Waals surface area contributed by atoms with Crippen LogP contribution in [0.4, 0.5) is 0 Å². The molecule has 2 heterocycles. The number of thioether (sulfide) groups is 1. The van der Waals surface area contributed by atoms with Crippen LogP contribution in [0.5, 0.6) is 11.5 Å². The van der Waals surface area contributed by atoms with Crippen molar-refractivity contribution in [2.45, 2.75) is 27.2 Å². The molecular weight excluding hydrogens is 424 g/mol. The molecule has 32 heavy (non-hydrogen) atoms. The average molecular weight is 449 g/mol. The molecular formula is C24H24N4O3S. The number of benzene rings is 2. The van der Waals surface area contributed by atoms with Crippen LogP contribution in [-0.4, -0.2) is 40.2 Å². The minimum atomic E-state index is -0.426. The van der Waals surface area contributed by atoms with Gasteiger partial charge in [-0.1, -0.05) is 25.1 Å². The van der Waals surface area contributed by atoms with E-state index in [4.69, 9.17) is 14.9 Å². The third kappa shape index (κ3) is 4.91. The molecule has 0 aliphatic carbocycles. The van der Waals surface area contributed by atoms with E-state index in [0.29, 0.717) is 24.1 Å². The van der Waals surface area contributed by atoms with Gasteiger partial charge in [-0.2, -0.15) is 15.1 Å². The van der Waals surface area contributed by atoms with Crippen LogP contribution in [0.15, 0.2) is 58.1 Å². The zero-order valence-electron chi connectivity index (χ0n) is 18.2. The van der Waals surface area contributed by atoms with Gasteiger partial charge in [-0.15, -0.1) is 0 Å². The van der Waals surface area contributed by atoms with Crippen LogP contribution in [0.2, 0.25) is 0 Å². The number of aliphatic imine (C=N–C) groups is 1. The van der Waals surface area contributed by atoms with Crippen molar-refractivity contribution in [3.05, 3.63) is 64.7 Å². The molecule has 0 radical (unpaired) electrons. The Morgan fingerprint density at radius 3 is 2.34 bits per heavy atom. The fourth-order valence-electron chi connectivity index (χ4n) is 3.34. The van der Waals surface area contributed by atoms with E-state index in [9.17, 15) is 4.79 Å². The van der Waals surface area contributed by atoms with E-state index in [0.717, 1.165) is 33.9 Å². The Morgan fingerprint density at radius 1 is 1.03 bits per heavy atom. The molecule has 164 valence electrons. The summed E-state index contributed by atoms with van der Waals surface area (Å²) in [7, 11) is 0. The molecule has 8 heteroatoms. The highest BCUT2D eigenvalue weighted by atomic mass is 32.2. The zero-order valence-corrected chi connectivity index (χ0v) is 19.0. The zero-order chi connectivity index (χ0) is 22.7. The Bertz CT molecular complexity index is 1130. The highest BCUT2D eigenvalue weighted by Crippen LogP contribution is 2.29. The van der Waals surface area contributed by atoms with E-state index in [1.165, 1.54) is 16.8 Å². The molecule has 0 saturated carbocycles. The highest BCUT2D eigenvalue weighted by molar-refractivity contribution is 8.26. The van der Waals surface area contributed by atoms with Gasteiger partial charge in [0.1, 0.15) is 29.8 Å². The van der Waals surface area contributed by atoms with Crippen LogP contribution < -0.4 is 9.47 Å². The number of nitrogens with one attached hydrogen (secondary N) is 1. The van der Waals surface area contributed by atoms with Crippen molar-refractivity contribution >= 4 is 39.8 Å². The molecule has 0 fully saturated rings. The summed E-state index contributed by atoms with van der Waals surface area (Å²) in [6.07, 6.45) is 2.39. The van der Waals surface area contributed by atoms with Gasteiger partial charge in [0.2, 0.25) is 5.17 Å². The Hall–Kier alpha value is -3.39. The summed E-state index contributed by atoms with van der Waals surface area (Å²) >= 11 is 1.33. The van der Waals surface area contributed by atoms with Crippen LogP contribution in [0.25, 0.3) is 6.08 Å². The molecule has 0 aromatic heterocycles. The molecule has 2 aliphatic heterocycles. The number of carbonyl (C=O) groups is 1. The summed E-state index contributed by atoms with van der Waals surface area (Å²) < 4.78 is 11.5. The maximum atomic E-state index is 12.4. The number of rotatable bonds is 7. The van der Waals surface area contributed by atoms with Crippen molar-refractivity contribution in [2.24, 2.45) is 10.1 Å². The number of hydrogen-bond acceptors (Lipinski definition) is 6. The number of carbonyl (C=O) groups excluding carboxylic acids is 1. The fraction of sp³-hybridized carbons (Fsp3) is 0.250. The van der Waals surface area contributed by atoms with E-state index in [1.807, 2.05) is 57.2 Å². The molecule has 0 atom stereocenters. The van der Waals surface area contributed by atoms with Gasteiger partial charge >= 0.3 is 0 Å². The number of amidine groups is 2. The van der Waals surface area contributed by atoms with E-state index in [-0.39, 0.29) is 11.4 Å². The molecule has 7 nitrogen and oxygen atoms in total. The molecule has 1 N–H and O–H groups in total. The van der Waals surface area contributed by atoms with Gasteiger partial charge in [0.15, 0.2) is 5.84 Å². The summed E-state index contributed by atoms with van der Waals surface area (Å²) in [6.45, 7) is 6.92. The van der Waals surface area contributed by atoms with Crippen LogP contribution in [0, 0.1) is 19.3 Å². The lowest BCUT2D eigenvalue weighted by Gasteiger charge is -2.20. The smallest absolute Gasteiger partial charge is 0.283 e. The van der Waals surface area contributed by atoms with Gasteiger partial charge in [0.05, 0.1) is 5.57 Å². The number of hydrogen-bond donors (Lipinski definition) is 1. The summed E-state index contributed by atoms with van der Waals surface area (Å²) in [5, 5.41) is 15.4. The lowest BCUT2D eigenvalue weighted by Crippen LogP contribution is -2.35. The third-order valence-corrected chi connectivity index (χ3v) is 5.86. The Labute approximate surface area is 191 Å². The van der Waals surface area contributed by atoms with Gasteiger partial charge in [0, 0.05) is 0 Å². The summed E-state index contributed by atoms with van der Waals surface area (Å²) in [4.78, 5) is 16.5. The van der Waals surface area contributed by atoms with Gasteiger partial charge in [-0.05, 0) is 79.1 Å². The van der Waals surface area contributed by atoms with E-state index in [1.54, 1.807) is 6.08 Å². The summed E-state index contributed by atoms with van der Waals surface area (Å²) in [5.74, 6) is 1.16. The van der Waals surface area contributed by atoms with Crippen LogP contribution in [-0.2, 0) is 4.79 Å². The molecule has 1 amide bonds. The second-order valence-corrected chi connectivity index (χ2v) is 8.50. The van der Waals surface area contributed by atoms with Crippen molar-refractivity contribution < 1.29 is 14.3 Å². The van der Waals surface area contributed by atoms with Gasteiger partial charge < -0.3 is 9.47 Å². The first-order valence-corrected chi connectivity index (χ1v) is 11.2. The lowest BCUT2D eigenvalue weighted by atomic mass is 10.1. The van der Waals surface area contributed by atoms with Crippen LogP contribution >= 0.6 is 11.8 Å². The number of amides is 1. The maximum Gasteiger partial charge on any atom is 0.283 e. The minimum Gasteiger partial charge on any atom is -0.490 e. The van der Waals surface area contributed by atoms with Crippen LogP contribution in [0.1, 0.15) is 30.0 Å². The highest BCUT2D eigenvalue weighted by Gasteiger charge is 2.34. The predicted octanol–water partition coefficient (Wildman–Crippen LogP) is 4.79. The molecule has 0 bridgehead atoms. The monoisotopic (exact) mass is 448 g/mol. The molecule has 2 aromatic carbocycles. The predicted molar refractivity (Wildman–Crippen MR) is 129 cm³/mol. The lowest BCUT2D eigenvalue weighted by molar-refractivity contribution is -0.114. The fourth-order valence-corrected chi connectivity index (χ4v) is 4.16. The van der Waals surface area contributed by atoms with Crippen molar-refractivity contribution in [2.75, 3.05) is 13.2 Å². The van der Waals surface area contributed by atoms with Crippen LogP contribution in [0.3, 0.4) is 0 Å². The number of nitrogens with zero attached hydrogens (tertiary/aromatic N) is 3. The SMILES string of the molecule is CCC1=NN2C(=N)/C(=C\c3ccc(OCCOc4cc(C)cc(C)c4)cc3)C(=O)N=C2S1. The Morgan fingerprint density at radius 2 is 1.69 bits per heavy atom. The standard InChI is InChI=1S/C24H24N4O3S/c1-4-21-27-28-22(25)20(23(29)26-24(28)32-21)14-17-5-7-18(8-6-17)30-9-10-31-19-12-15(2)11-16(3)13-19/h5-8,11-14,25H,4,9-10H2,1-3H3/b20-14+,25-22?.